The fourth-order valence-corrected chi connectivity index (χ4v) is 2.07. The Bertz CT molecular complexity index is 654. The zero-order chi connectivity index (χ0) is 15.4. The molecule has 1 heterocycles. The van der Waals surface area contributed by atoms with Gasteiger partial charge in [0.25, 0.3) is 0 Å². The third-order valence-electron chi connectivity index (χ3n) is 2.68. The van der Waals surface area contributed by atoms with Crippen molar-refractivity contribution in [2.75, 3.05) is 5.32 Å². The minimum Gasteiger partial charge on any atom is -0.479 e. The molecule has 0 saturated carbocycles. The molecule has 2 rings (SSSR count). The predicted octanol–water partition coefficient (Wildman–Crippen LogP) is 1.97. The van der Waals surface area contributed by atoms with E-state index in [1.165, 1.54) is 10.9 Å². The van der Waals surface area contributed by atoms with Crippen LogP contribution >= 0.6 is 22.6 Å². The highest BCUT2D eigenvalue weighted by Gasteiger charge is 2.23. The van der Waals surface area contributed by atoms with Gasteiger partial charge in [0.15, 0.2) is 6.04 Å². The van der Waals surface area contributed by atoms with Crippen LogP contribution in [0.4, 0.5) is 10.5 Å². The molecule has 3 N–H and O–H groups in total. The molecular formula is C13H13IN4O3. The molecule has 1 unspecified atom stereocenters. The average Bonchev–Trinajstić information content (AvgIpc) is 2.85. The van der Waals surface area contributed by atoms with Crippen molar-refractivity contribution < 1.29 is 14.7 Å². The highest BCUT2D eigenvalue weighted by Crippen LogP contribution is 2.14. The van der Waals surface area contributed by atoms with Crippen molar-refractivity contribution in [1.29, 1.82) is 0 Å². The molecule has 110 valence electrons. The summed E-state index contributed by atoms with van der Waals surface area (Å²) in [5, 5.41) is 18.1. The van der Waals surface area contributed by atoms with E-state index in [0.717, 1.165) is 3.57 Å². The van der Waals surface area contributed by atoms with Gasteiger partial charge in [-0.15, -0.1) is 0 Å². The molecule has 0 aliphatic carbocycles. The van der Waals surface area contributed by atoms with Crippen LogP contribution in [0.15, 0.2) is 36.7 Å². The van der Waals surface area contributed by atoms with Crippen molar-refractivity contribution in [3.05, 3.63) is 45.8 Å². The molecule has 1 atom stereocenters. The highest BCUT2D eigenvalue weighted by atomic mass is 127. The van der Waals surface area contributed by atoms with Gasteiger partial charge in [-0.2, -0.15) is 5.10 Å². The second-order valence-electron chi connectivity index (χ2n) is 4.32. The summed E-state index contributed by atoms with van der Waals surface area (Å²) in [6, 6.07) is 5.41. The van der Waals surface area contributed by atoms with E-state index in [0.29, 0.717) is 11.3 Å². The lowest BCUT2D eigenvalue weighted by atomic mass is 10.1. The first-order chi connectivity index (χ1) is 9.95. The zero-order valence-corrected chi connectivity index (χ0v) is 13.2. The van der Waals surface area contributed by atoms with E-state index in [2.05, 4.69) is 38.3 Å². The van der Waals surface area contributed by atoms with Gasteiger partial charge in [-0.3, -0.25) is 4.68 Å². The van der Waals surface area contributed by atoms with Crippen LogP contribution < -0.4 is 10.6 Å². The number of carboxylic acids is 1. The SMILES string of the molecule is Cn1cc(C(NC(=O)Nc2ccc(I)cc2)C(=O)O)cn1. The van der Waals surface area contributed by atoms with E-state index >= 15 is 0 Å². The number of carbonyl (C=O) groups is 2. The second kappa shape index (κ2) is 6.57. The third kappa shape index (κ3) is 4.18. The van der Waals surface area contributed by atoms with Gasteiger partial charge in [0.05, 0.1) is 6.20 Å². The molecule has 0 aliphatic heterocycles. The first-order valence-electron chi connectivity index (χ1n) is 6.00. The van der Waals surface area contributed by atoms with Crippen LogP contribution in [0.1, 0.15) is 11.6 Å². The number of hydrogen-bond donors (Lipinski definition) is 3. The minimum absolute atomic E-state index is 0.405. The van der Waals surface area contributed by atoms with Gasteiger partial charge in [-0.1, -0.05) is 0 Å². The summed E-state index contributed by atoms with van der Waals surface area (Å²) < 4.78 is 2.52. The molecule has 7 nitrogen and oxygen atoms in total. The normalized spacial score (nSPS) is 11.7. The van der Waals surface area contributed by atoms with Crippen LogP contribution in [0.2, 0.25) is 0 Å². The topological polar surface area (TPSA) is 96.2 Å². The van der Waals surface area contributed by atoms with Crippen molar-refractivity contribution in [1.82, 2.24) is 15.1 Å². The van der Waals surface area contributed by atoms with Gasteiger partial charge in [0, 0.05) is 28.1 Å². The molecular weight excluding hydrogens is 387 g/mol. The number of aryl methyl sites for hydroxylation is 1. The average molecular weight is 400 g/mol. The van der Waals surface area contributed by atoms with Crippen LogP contribution in [0.5, 0.6) is 0 Å². The van der Waals surface area contributed by atoms with Crippen LogP contribution in [-0.4, -0.2) is 26.9 Å². The van der Waals surface area contributed by atoms with Crippen LogP contribution in [0.25, 0.3) is 0 Å². The molecule has 2 amide bonds. The summed E-state index contributed by atoms with van der Waals surface area (Å²) in [7, 11) is 1.67. The Morgan fingerprint density at radius 3 is 2.52 bits per heavy atom. The van der Waals surface area contributed by atoms with Gasteiger partial charge in [-0.05, 0) is 46.9 Å². The van der Waals surface area contributed by atoms with Crippen LogP contribution in [-0.2, 0) is 11.8 Å². The number of rotatable bonds is 4. The fraction of sp³-hybridized carbons (Fsp3) is 0.154. The standard InChI is InChI=1S/C13H13IN4O3/c1-18-7-8(6-15-18)11(12(19)20)17-13(21)16-10-4-2-9(14)3-5-10/h2-7,11H,1H3,(H,19,20)(H2,16,17,21). The number of anilines is 1. The Morgan fingerprint density at radius 1 is 1.33 bits per heavy atom. The highest BCUT2D eigenvalue weighted by molar-refractivity contribution is 14.1. The molecule has 0 radical (unpaired) electrons. The number of carbonyl (C=O) groups excluding carboxylic acids is 1. The molecule has 21 heavy (non-hydrogen) atoms. The van der Waals surface area contributed by atoms with E-state index in [4.69, 9.17) is 0 Å². The van der Waals surface area contributed by atoms with E-state index in [1.54, 1.807) is 25.4 Å². The number of aliphatic carboxylic acids is 1. The van der Waals surface area contributed by atoms with Crippen LogP contribution in [0, 0.1) is 3.57 Å². The maximum absolute atomic E-state index is 11.9. The van der Waals surface area contributed by atoms with Gasteiger partial charge in [0.1, 0.15) is 0 Å². The summed E-state index contributed by atoms with van der Waals surface area (Å²) in [5.74, 6) is -1.15. The van der Waals surface area contributed by atoms with Crippen molar-refractivity contribution in [3.8, 4) is 0 Å². The molecule has 8 heteroatoms. The predicted molar refractivity (Wildman–Crippen MR) is 84.9 cm³/mol. The van der Waals surface area contributed by atoms with Gasteiger partial charge >= 0.3 is 12.0 Å². The lowest BCUT2D eigenvalue weighted by Crippen LogP contribution is -2.36. The number of aromatic nitrogens is 2. The summed E-state index contributed by atoms with van der Waals surface area (Å²) in [6.07, 6.45) is 2.95. The van der Waals surface area contributed by atoms with E-state index in [-0.39, 0.29) is 0 Å². The molecule has 0 spiro atoms. The summed E-state index contributed by atoms with van der Waals surface area (Å²) in [6.45, 7) is 0. The maximum atomic E-state index is 11.9. The Hall–Kier alpha value is -2.10. The number of nitrogens with zero attached hydrogens (tertiary/aromatic N) is 2. The molecule has 1 aromatic heterocycles. The molecule has 1 aromatic carbocycles. The van der Waals surface area contributed by atoms with E-state index < -0.39 is 18.0 Å². The fourth-order valence-electron chi connectivity index (χ4n) is 1.71. The quantitative estimate of drug-likeness (QED) is 0.684. The Morgan fingerprint density at radius 2 is 2.00 bits per heavy atom. The molecule has 2 aromatic rings. The molecule has 0 saturated heterocycles. The van der Waals surface area contributed by atoms with Crippen molar-refractivity contribution in [3.63, 3.8) is 0 Å². The monoisotopic (exact) mass is 400 g/mol. The maximum Gasteiger partial charge on any atom is 0.331 e. The zero-order valence-electron chi connectivity index (χ0n) is 11.1. The molecule has 0 fully saturated rings. The number of hydrogen-bond acceptors (Lipinski definition) is 3. The Labute approximate surface area is 134 Å². The number of urea groups is 1. The van der Waals surface area contributed by atoms with Crippen LogP contribution in [0.3, 0.4) is 0 Å². The largest absolute Gasteiger partial charge is 0.479 e. The number of benzene rings is 1. The van der Waals surface area contributed by atoms with Gasteiger partial charge in [-0.25, -0.2) is 9.59 Å². The first kappa shape index (κ1) is 15.3. The Balaban J connectivity index is 2.05. The smallest absolute Gasteiger partial charge is 0.331 e. The van der Waals surface area contributed by atoms with Crippen molar-refractivity contribution >= 4 is 40.3 Å². The summed E-state index contributed by atoms with van der Waals surface area (Å²) in [5.41, 5.74) is 0.992. The lowest BCUT2D eigenvalue weighted by Gasteiger charge is -2.13. The third-order valence-corrected chi connectivity index (χ3v) is 3.40. The summed E-state index contributed by atoms with van der Waals surface area (Å²) >= 11 is 2.15. The summed E-state index contributed by atoms with van der Waals surface area (Å²) in [4.78, 5) is 23.1. The van der Waals surface area contributed by atoms with Gasteiger partial charge in [0.2, 0.25) is 0 Å². The molecule has 0 aliphatic rings. The lowest BCUT2D eigenvalue weighted by molar-refractivity contribution is -0.139. The number of halogens is 1. The van der Waals surface area contributed by atoms with E-state index in [1.807, 2.05) is 12.1 Å². The number of nitrogens with one attached hydrogen (secondary N) is 2. The minimum atomic E-state index is -1.15. The number of carboxylic acid groups (broad SMARTS) is 1. The van der Waals surface area contributed by atoms with Crippen molar-refractivity contribution in [2.24, 2.45) is 7.05 Å². The number of amides is 2. The van der Waals surface area contributed by atoms with E-state index in [9.17, 15) is 14.7 Å². The second-order valence-corrected chi connectivity index (χ2v) is 5.57. The molecule has 0 bridgehead atoms. The van der Waals surface area contributed by atoms with Gasteiger partial charge < -0.3 is 15.7 Å². The van der Waals surface area contributed by atoms with Crippen molar-refractivity contribution in [2.45, 2.75) is 6.04 Å². The Kier molecular flexibility index (Phi) is 4.78. The first-order valence-corrected chi connectivity index (χ1v) is 7.08.